The van der Waals surface area contributed by atoms with Gasteiger partial charge in [-0.1, -0.05) is 92.2 Å². The Hall–Kier alpha value is -1.58. The first-order valence-electron chi connectivity index (χ1n) is 10.0. The number of hydrogen-bond donors (Lipinski definition) is 1. The molecule has 2 aromatic carbocycles. The molecule has 1 saturated carbocycles. The summed E-state index contributed by atoms with van der Waals surface area (Å²) in [6.45, 7) is 1.50. The van der Waals surface area contributed by atoms with Gasteiger partial charge in [0.2, 0.25) is 0 Å². The van der Waals surface area contributed by atoms with Crippen LogP contribution in [0, 0.1) is 0 Å². The van der Waals surface area contributed by atoms with Crippen LogP contribution in [0.3, 0.4) is 0 Å². The van der Waals surface area contributed by atoms with Crippen LogP contribution in [0.2, 0.25) is 5.02 Å². The largest absolute Gasteiger partial charge is 0.360 e. The molecule has 0 amide bonds. The monoisotopic (exact) mass is 400 g/mol. The summed E-state index contributed by atoms with van der Waals surface area (Å²) in [6.07, 6.45) is 9.09. The Bertz CT molecular complexity index is 711. The molecular formula is C23H29ClN2S. The molecule has 1 fully saturated rings. The molecule has 27 heavy (non-hydrogen) atoms. The van der Waals surface area contributed by atoms with Crippen LogP contribution >= 0.6 is 23.8 Å². The molecule has 1 N–H and O–H groups in total. The quantitative estimate of drug-likeness (QED) is 0.590. The third-order valence-corrected chi connectivity index (χ3v) is 6.00. The lowest BCUT2D eigenvalue weighted by Crippen LogP contribution is -2.44. The fourth-order valence-electron chi connectivity index (χ4n) is 3.70. The molecule has 0 aromatic heterocycles. The Morgan fingerprint density at radius 2 is 1.52 bits per heavy atom. The summed E-state index contributed by atoms with van der Waals surface area (Å²) in [4.78, 5) is 2.24. The Morgan fingerprint density at radius 3 is 2.22 bits per heavy atom. The minimum atomic E-state index is 0.488. The van der Waals surface area contributed by atoms with Crippen LogP contribution in [-0.2, 0) is 13.1 Å². The van der Waals surface area contributed by atoms with E-state index in [9.17, 15) is 0 Å². The third-order valence-electron chi connectivity index (χ3n) is 5.26. The molecule has 3 rings (SSSR count). The standard InChI is InChI=1S/C23H29ClN2S/c24-22-16-10-9-13-20(22)18-26(17-19-11-5-4-6-12-19)23(27)25-21-14-7-2-1-3-8-15-21/h4-6,9-13,16,21H,1-3,7-8,14-15,17-18H2,(H,25,27). The predicted octanol–water partition coefficient (Wildman–Crippen LogP) is 6.33. The van der Waals surface area contributed by atoms with Crippen molar-refractivity contribution in [3.63, 3.8) is 0 Å². The SMILES string of the molecule is S=C(NC1CCCCCCC1)N(Cc1ccccc1)Cc1ccccc1Cl. The van der Waals surface area contributed by atoms with Crippen LogP contribution in [0.1, 0.15) is 56.1 Å². The molecule has 0 aliphatic heterocycles. The predicted molar refractivity (Wildman–Crippen MR) is 119 cm³/mol. The van der Waals surface area contributed by atoms with Gasteiger partial charge >= 0.3 is 0 Å². The van der Waals surface area contributed by atoms with E-state index in [-0.39, 0.29) is 0 Å². The number of hydrogen-bond acceptors (Lipinski definition) is 1. The second-order valence-corrected chi connectivity index (χ2v) is 8.22. The lowest BCUT2D eigenvalue weighted by Gasteiger charge is -2.30. The van der Waals surface area contributed by atoms with Gasteiger partial charge in [0.1, 0.15) is 0 Å². The smallest absolute Gasteiger partial charge is 0.169 e. The van der Waals surface area contributed by atoms with Crippen molar-refractivity contribution >= 4 is 28.9 Å². The van der Waals surface area contributed by atoms with Gasteiger partial charge in [0, 0.05) is 24.2 Å². The highest BCUT2D eigenvalue weighted by Crippen LogP contribution is 2.20. The molecule has 0 unspecified atom stereocenters. The van der Waals surface area contributed by atoms with E-state index in [1.807, 2.05) is 24.3 Å². The van der Waals surface area contributed by atoms with E-state index in [1.165, 1.54) is 50.5 Å². The van der Waals surface area contributed by atoms with E-state index < -0.39 is 0 Å². The van der Waals surface area contributed by atoms with Gasteiger partial charge < -0.3 is 10.2 Å². The van der Waals surface area contributed by atoms with Crippen LogP contribution in [-0.4, -0.2) is 16.1 Å². The number of nitrogens with one attached hydrogen (secondary N) is 1. The summed E-state index contributed by atoms with van der Waals surface area (Å²) in [7, 11) is 0. The Balaban J connectivity index is 1.71. The highest BCUT2D eigenvalue weighted by Gasteiger charge is 2.17. The fourth-order valence-corrected chi connectivity index (χ4v) is 4.19. The fraction of sp³-hybridized carbons (Fsp3) is 0.435. The molecule has 0 atom stereocenters. The van der Waals surface area contributed by atoms with Crippen LogP contribution in [0.4, 0.5) is 0 Å². The summed E-state index contributed by atoms with van der Waals surface area (Å²) in [5.41, 5.74) is 2.36. The van der Waals surface area contributed by atoms with Crippen molar-refractivity contribution in [3.05, 3.63) is 70.7 Å². The van der Waals surface area contributed by atoms with Crippen molar-refractivity contribution in [3.8, 4) is 0 Å². The summed E-state index contributed by atoms with van der Waals surface area (Å²) in [5, 5.41) is 5.29. The zero-order valence-electron chi connectivity index (χ0n) is 15.9. The average Bonchev–Trinajstić information content (AvgIpc) is 2.66. The molecule has 0 saturated heterocycles. The Morgan fingerprint density at radius 1 is 0.889 bits per heavy atom. The Labute approximate surface area is 173 Å². The average molecular weight is 401 g/mol. The maximum Gasteiger partial charge on any atom is 0.169 e. The van der Waals surface area contributed by atoms with Crippen LogP contribution < -0.4 is 5.32 Å². The lowest BCUT2D eigenvalue weighted by molar-refractivity contribution is 0.370. The summed E-state index contributed by atoms with van der Waals surface area (Å²) in [5.74, 6) is 0. The number of nitrogens with zero attached hydrogens (tertiary/aromatic N) is 1. The maximum atomic E-state index is 6.42. The van der Waals surface area contributed by atoms with Crippen molar-refractivity contribution in [2.24, 2.45) is 0 Å². The van der Waals surface area contributed by atoms with E-state index in [2.05, 4.69) is 40.5 Å². The molecule has 0 bridgehead atoms. The van der Waals surface area contributed by atoms with Gasteiger partial charge in [-0.25, -0.2) is 0 Å². The molecule has 0 radical (unpaired) electrons. The van der Waals surface area contributed by atoms with Crippen molar-refractivity contribution in [2.75, 3.05) is 0 Å². The molecule has 144 valence electrons. The molecule has 0 spiro atoms. The number of halogens is 1. The first kappa shape index (κ1) is 20.2. The molecule has 1 aliphatic carbocycles. The van der Waals surface area contributed by atoms with E-state index in [4.69, 9.17) is 23.8 Å². The van der Waals surface area contributed by atoms with E-state index in [1.54, 1.807) is 0 Å². The zero-order valence-corrected chi connectivity index (χ0v) is 17.4. The van der Waals surface area contributed by atoms with Crippen LogP contribution in [0.15, 0.2) is 54.6 Å². The lowest BCUT2D eigenvalue weighted by atomic mass is 9.97. The summed E-state index contributed by atoms with van der Waals surface area (Å²) >= 11 is 12.3. The molecular weight excluding hydrogens is 372 g/mol. The second-order valence-electron chi connectivity index (χ2n) is 7.42. The Kier molecular flexibility index (Phi) is 7.97. The van der Waals surface area contributed by atoms with Crippen molar-refractivity contribution < 1.29 is 0 Å². The highest BCUT2D eigenvalue weighted by atomic mass is 35.5. The van der Waals surface area contributed by atoms with Gasteiger partial charge in [0.25, 0.3) is 0 Å². The molecule has 2 aromatic rings. The van der Waals surface area contributed by atoms with Gasteiger partial charge in [0.15, 0.2) is 5.11 Å². The van der Waals surface area contributed by atoms with Gasteiger partial charge in [-0.3, -0.25) is 0 Å². The van der Waals surface area contributed by atoms with Crippen LogP contribution in [0.5, 0.6) is 0 Å². The van der Waals surface area contributed by atoms with Crippen molar-refractivity contribution in [1.82, 2.24) is 10.2 Å². The summed E-state index contributed by atoms with van der Waals surface area (Å²) < 4.78 is 0. The van der Waals surface area contributed by atoms with E-state index in [0.717, 1.165) is 22.2 Å². The molecule has 2 nitrogen and oxygen atoms in total. The number of rotatable bonds is 5. The number of thiocarbonyl (C=S) groups is 1. The zero-order chi connectivity index (χ0) is 18.9. The molecule has 1 aliphatic rings. The van der Waals surface area contributed by atoms with Gasteiger partial charge in [-0.15, -0.1) is 0 Å². The minimum absolute atomic E-state index is 0.488. The molecule has 4 heteroatoms. The first-order chi connectivity index (χ1) is 13.2. The molecule has 0 heterocycles. The second kappa shape index (κ2) is 10.7. The van der Waals surface area contributed by atoms with E-state index >= 15 is 0 Å². The maximum absolute atomic E-state index is 6.42. The van der Waals surface area contributed by atoms with Gasteiger partial charge in [-0.2, -0.15) is 0 Å². The van der Waals surface area contributed by atoms with Crippen molar-refractivity contribution in [1.29, 1.82) is 0 Å². The summed E-state index contributed by atoms with van der Waals surface area (Å²) in [6, 6.07) is 19.0. The first-order valence-corrected chi connectivity index (χ1v) is 10.8. The highest BCUT2D eigenvalue weighted by molar-refractivity contribution is 7.80. The van der Waals surface area contributed by atoms with Crippen molar-refractivity contribution in [2.45, 2.75) is 64.1 Å². The van der Waals surface area contributed by atoms with E-state index in [0.29, 0.717) is 12.6 Å². The number of benzene rings is 2. The van der Waals surface area contributed by atoms with Gasteiger partial charge in [-0.05, 0) is 42.3 Å². The van der Waals surface area contributed by atoms with Crippen LogP contribution in [0.25, 0.3) is 0 Å². The third kappa shape index (κ3) is 6.51. The minimum Gasteiger partial charge on any atom is -0.360 e. The normalized spacial score (nSPS) is 15.6. The van der Waals surface area contributed by atoms with Gasteiger partial charge in [0.05, 0.1) is 0 Å². The topological polar surface area (TPSA) is 15.3 Å².